The number of hydrogen-bond acceptors (Lipinski definition) is 3. The molecular formula is C31H41NO2. The second-order valence-electron chi connectivity index (χ2n) is 9.92. The van der Waals surface area contributed by atoms with Crippen LogP contribution in [0.1, 0.15) is 113 Å². The van der Waals surface area contributed by atoms with Crippen molar-refractivity contribution in [2.45, 2.75) is 103 Å². The molecule has 0 atom stereocenters. The van der Waals surface area contributed by atoms with Crippen LogP contribution >= 0.6 is 0 Å². The normalized spacial score (nSPS) is 17.8. The largest absolute Gasteiger partial charge is 0.425 e. The van der Waals surface area contributed by atoms with Crippen LogP contribution in [0.5, 0.6) is 5.75 Å². The van der Waals surface area contributed by atoms with Gasteiger partial charge in [0.15, 0.2) is 0 Å². The van der Waals surface area contributed by atoms with Crippen LogP contribution in [0.3, 0.4) is 0 Å². The number of benzene rings is 2. The molecular weight excluding hydrogens is 418 g/mol. The Balaban J connectivity index is 1.48. The molecule has 2 aromatic rings. The van der Waals surface area contributed by atoms with Crippen LogP contribution in [-0.2, 0) is 17.6 Å². The predicted octanol–water partition coefficient (Wildman–Crippen LogP) is 8.29. The molecule has 3 rings (SSSR count). The van der Waals surface area contributed by atoms with Crippen LogP contribution in [0.15, 0.2) is 42.5 Å². The monoisotopic (exact) mass is 459 g/mol. The molecule has 0 heterocycles. The van der Waals surface area contributed by atoms with Crippen LogP contribution in [-0.4, -0.2) is 5.97 Å². The zero-order chi connectivity index (χ0) is 24.2. The van der Waals surface area contributed by atoms with E-state index in [-0.39, 0.29) is 11.9 Å². The summed E-state index contributed by atoms with van der Waals surface area (Å²) in [5.41, 5.74) is 4.43. The van der Waals surface area contributed by atoms with Gasteiger partial charge in [-0.1, -0.05) is 76.3 Å². The van der Waals surface area contributed by atoms with Crippen LogP contribution in [0, 0.1) is 17.2 Å². The Bertz CT molecular complexity index is 933. The minimum atomic E-state index is -0.184. The van der Waals surface area contributed by atoms with E-state index < -0.39 is 0 Å². The summed E-state index contributed by atoms with van der Waals surface area (Å²) in [5, 5.41) is 9.55. The summed E-state index contributed by atoms with van der Waals surface area (Å²) < 4.78 is 5.71. The first-order valence-corrected chi connectivity index (χ1v) is 13.5. The van der Waals surface area contributed by atoms with Crippen molar-refractivity contribution in [1.82, 2.24) is 0 Å². The average molecular weight is 460 g/mol. The summed E-state index contributed by atoms with van der Waals surface area (Å²) in [7, 11) is 0. The van der Waals surface area contributed by atoms with Crippen molar-refractivity contribution in [2.24, 2.45) is 5.92 Å². The number of carbonyl (C=O) groups is 1. The average Bonchev–Trinajstić information content (AvgIpc) is 2.88. The minimum absolute atomic E-state index is 0.0788. The van der Waals surface area contributed by atoms with E-state index in [2.05, 4.69) is 44.2 Å². The number of rotatable bonds is 12. The number of unbranched alkanes of at least 4 members (excludes halogenated alkanes) is 5. The third-order valence-electron chi connectivity index (χ3n) is 7.27. The fourth-order valence-corrected chi connectivity index (χ4v) is 5.05. The lowest BCUT2D eigenvalue weighted by molar-refractivity contribution is -0.140. The van der Waals surface area contributed by atoms with Crippen molar-refractivity contribution >= 4 is 5.97 Å². The fourth-order valence-electron chi connectivity index (χ4n) is 5.05. The lowest BCUT2D eigenvalue weighted by Gasteiger charge is -2.27. The summed E-state index contributed by atoms with van der Waals surface area (Å²) in [4.78, 5) is 12.8. The Kier molecular flexibility index (Phi) is 10.7. The first-order valence-electron chi connectivity index (χ1n) is 13.5. The third kappa shape index (κ3) is 7.73. The van der Waals surface area contributed by atoms with Crippen LogP contribution in [0.4, 0.5) is 0 Å². The zero-order valence-corrected chi connectivity index (χ0v) is 21.2. The summed E-state index contributed by atoms with van der Waals surface area (Å²) in [5.74, 6) is 0.666. The molecule has 0 bridgehead atoms. The number of aryl methyl sites for hydroxylation is 2. The maximum Gasteiger partial charge on any atom is 0.314 e. The molecule has 0 amide bonds. The number of carbonyl (C=O) groups excluding carboxylic acids is 1. The van der Waals surface area contributed by atoms with Gasteiger partial charge in [0.05, 0.1) is 11.5 Å². The van der Waals surface area contributed by atoms with E-state index in [1.54, 1.807) is 6.07 Å². The molecule has 2 aromatic carbocycles. The second kappa shape index (κ2) is 14.0. The van der Waals surface area contributed by atoms with Gasteiger partial charge in [-0.05, 0) is 86.1 Å². The molecule has 1 aliphatic rings. The zero-order valence-electron chi connectivity index (χ0n) is 21.2. The third-order valence-corrected chi connectivity index (χ3v) is 7.27. The molecule has 1 fully saturated rings. The van der Waals surface area contributed by atoms with Gasteiger partial charge in [0, 0.05) is 0 Å². The van der Waals surface area contributed by atoms with Gasteiger partial charge >= 0.3 is 5.97 Å². The Labute approximate surface area is 206 Å². The van der Waals surface area contributed by atoms with Gasteiger partial charge in [-0.15, -0.1) is 0 Å². The topological polar surface area (TPSA) is 50.1 Å². The van der Waals surface area contributed by atoms with Crippen molar-refractivity contribution in [3.05, 3.63) is 64.7 Å². The number of esters is 1. The molecule has 0 saturated heterocycles. The highest BCUT2D eigenvalue weighted by Gasteiger charge is 2.29. The number of nitrogens with zero attached hydrogens (tertiary/aromatic N) is 1. The molecule has 1 aliphatic carbocycles. The van der Waals surface area contributed by atoms with Gasteiger partial charge in [0.25, 0.3) is 0 Å². The quantitative estimate of drug-likeness (QED) is 0.182. The molecule has 0 unspecified atom stereocenters. The number of nitriles is 1. The van der Waals surface area contributed by atoms with Crippen molar-refractivity contribution in [1.29, 1.82) is 5.26 Å². The first kappa shape index (κ1) is 26.0. The molecule has 0 spiro atoms. The number of hydrogen-bond donors (Lipinski definition) is 0. The Morgan fingerprint density at radius 2 is 1.47 bits per heavy atom. The van der Waals surface area contributed by atoms with Gasteiger partial charge in [0.1, 0.15) is 11.8 Å². The Hall–Kier alpha value is -2.60. The van der Waals surface area contributed by atoms with E-state index in [0.29, 0.717) is 17.2 Å². The fraction of sp³-hybridized carbons (Fsp3) is 0.548. The summed E-state index contributed by atoms with van der Waals surface area (Å²) in [6.45, 7) is 4.43. The molecule has 0 radical (unpaired) electrons. The van der Waals surface area contributed by atoms with Gasteiger partial charge in [0.2, 0.25) is 0 Å². The highest BCUT2D eigenvalue weighted by atomic mass is 16.5. The standard InChI is InChI=1S/C31H41NO2/c1-3-5-7-9-10-24-12-15-26(16-13-24)27-17-19-28(20-18-27)31(33)34-30-21-14-25(11-8-6-4-2)22-29(30)23-32/h12-16,21-22,27-28H,3-11,17-20H2,1-2H3. The summed E-state index contributed by atoms with van der Waals surface area (Å²) >= 11 is 0. The molecule has 3 heteroatoms. The van der Waals surface area contributed by atoms with Gasteiger partial charge in [-0.25, -0.2) is 0 Å². The molecule has 0 aromatic heterocycles. The van der Waals surface area contributed by atoms with Gasteiger partial charge < -0.3 is 4.74 Å². The highest BCUT2D eigenvalue weighted by molar-refractivity contribution is 5.76. The summed E-state index contributed by atoms with van der Waals surface area (Å²) in [6, 6.07) is 17.0. The maximum atomic E-state index is 12.8. The Morgan fingerprint density at radius 1 is 0.853 bits per heavy atom. The van der Waals surface area contributed by atoms with E-state index >= 15 is 0 Å². The van der Waals surface area contributed by atoms with Crippen molar-refractivity contribution in [2.75, 3.05) is 0 Å². The molecule has 182 valence electrons. The predicted molar refractivity (Wildman–Crippen MR) is 139 cm³/mol. The molecule has 0 N–H and O–H groups in total. The van der Waals surface area contributed by atoms with E-state index in [1.807, 2.05) is 12.1 Å². The van der Waals surface area contributed by atoms with Crippen molar-refractivity contribution in [3.8, 4) is 11.8 Å². The van der Waals surface area contributed by atoms with Crippen LogP contribution in [0.2, 0.25) is 0 Å². The smallest absolute Gasteiger partial charge is 0.314 e. The lowest BCUT2D eigenvalue weighted by Crippen LogP contribution is -2.25. The SMILES string of the molecule is CCCCCCc1ccc(C2CCC(C(=O)Oc3ccc(CCCCC)cc3C#N)CC2)cc1. The minimum Gasteiger partial charge on any atom is -0.425 e. The second-order valence-corrected chi connectivity index (χ2v) is 9.92. The maximum absolute atomic E-state index is 12.8. The highest BCUT2D eigenvalue weighted by Crippen LogP contribution is 2.37. The van der Waals surface area contributed by atoms with E-state index in [0.717, 1.165) is 44.1 Å². The summed E-state index contributed by atoms with van der Waals surface area (Å²) in [6.07, 6.45) is 14.5. The lowest BCUT2D eigenvalue weighted by atomic mass is 9.78. The van der Waals surface area contributed by atoms with E-state index in [4.69, 9.17) is 4.74 Å². The molecule has 1 saturated carbocycles. The molecule has 0 aliphatic heterocycles. The van der Waals surface area contributed by atoms with Crippen LogP contribution < -0.4 is 4.74 Å². The van der Waals surface area contributed by atoms with Gasteiger partial charge in [-0.3, -0.25) is 4.79 Å². The van der Waals surface area contributed by atoms with E-state index in [9.17, 15) is 10.1 Å². The van der Waals surface area contributed by atoms with Crippen molar-refractivity contribution in [3.63, 3.8) is 0 Å². The van der Waals surface area contributed by atoms with Crippen molar-refractivity contribution < 1.29 is 9.53 Å². The Morgan fingerprint density at radius 3 is 2.15 bits per heavy atom. The van der Waals surface area contributed by atoms with Crippen LogP contribution in [0.25, 0.3) is 0 Å². The number of ether oxygens (including phenoxy) is 1. The molecule has 34 heavy (non-hydrogen) atoms. The van der Waals surface area contributed by atoms with Gasteiger partial charge in [-0.2, -0.15) is 5.26 Å². The first-order chi connectivity index (χ1) is 16.6. The molecule has 3 nitrogen and oxygen atoms in total. The van der Waals surface area contributed by atoms with E-state index in [1.165, 1.54) is 56.1 Å².